The maximum Gasteiger partial charge on any atom is 0.322 e. The molecule has 0 bridgehead atoms. The van der Waals surface area contributed by atoms with E-state index in [1.54, 1.807) is 0 Å². The van der Waals surface area contributed by atoms with Gasteiger partial charge in [0.1, 0.15) is 6.04 Å². The van der Waals surface area contributed by atoms with Gasteiger partial charge in [0.05, 0.1) is 0 Å². The molecule has 1 atom stereocenters. The van der Waals surface area contributed by atoms with Crippen LogP contribution >= 0.6 is 0 Å². The molecule has 0 spiro atoms. The van der Waals surface area contributed by atoms with Gasteiger partial charge >= 0.3 is 11.9 Å². The van der Waals surface area contributed by atoms with Crippen LogP contribution in [-0.2, 0) is 14.4 Å². The number of unbranched alkanes of at least 4 members (excludes halogenated alkanes) is 14. The highest BCUT2D eigenvalue weighted by Crippen LogP contribution is 2.13. The van der Waals surface area contributed by atoms with E-state index in [2.05, 4.69) is 17.8 Å². The molecule has 0 saturated carbocycles. The van der Waals surface area contributed by atoms with Crippen molar-refractivity contribution >= 4 is 17.8 Å². The van der Waals surface area contributed by atoms with E-state index < -0.39 is 18.0 Å². The van der Waals surface area contributed by atoms with E-state index in [1.807, 2.05) is 0 Å². The summed E-state index contributed by atoms with van der Waals surface area (Å²) in [4.78, 5) is 33.3. The first kappa shape index (κ1) is 28.4. The number of carbonyl (C=O) groups excluding carboxylic acids is 1. The van der Waals surface area contributed by atoms with Gasteiger partial charge in [-0.15, -0.1) is 0 Å². The first-order valence-electron chi connectivity index (χ1n) is 12.0. The van der Waals surface area contributed by atoms with E-state index in [1.165, 1.54) is 77.0 Å². The Kier molecular flexibility index (Phi) is 19.5. The van der Waals surface area contributed by atoms with Crippen LogP contribution in [0.4, 0.5) is 0 Å². The SMILES string of the molecule is CCCCCCCCCCCCCCCCCC(=O)NNC(CCC(=O)O)C(=O)O. The highest BCUT2D eigenvalue weighted by Gasteiger charge is 2.18. The fraction of sp³-hybridized carbons (Fsp3) is 0.870. The Balaban J connectivity index is 3.44. The number of amides is 1. The molecule has 0 aliphatic heterocycles. The maximum atomic E-state index is 11.8. The molecule has 0 aromatic carbocycles. The Labute approximate surface area is 182 Å². The molecule has 30 heavy (non-hydrogen) atoms. The second-order valence-electron chi connectivity index (χ2n) is 8.22. The molecule has 0 rings (SSSR count). The molecule has 0 saturated heterocycles. The van der Waals surface area contributed by atoms with Crippen LogP contribution in [-0.4, -0.2) is 34.1 Å². The summed E-state index contributed by atoms with van der Waals surface area (Å²) in [5.74, 6) is -2.50. The van der Waals surface area contributed by atoms with Crippen molar-refractivity contribution in [2.75, 3.05) is 0 Å². The molecule has 1 amide bonds. The molecule has 0 aromatic heterocycles. The average Bonchev–Trinajstić information content (AvgIpc) is 2.70. The number of rotatable bonds is 22. The van der Waals surface area contributed by atoms with Gasteiger partial charge in [0, 0.05) is 12.8 Å². The minimum atomic E-state index is -1.18. The van der Waals surface area contributed by atoms with Crippen molar-refractivity contribution in [2.45, 2.75) is 129 Å². The number of nitrogens with one attached hydrogen (secondary N) is 2. The lowest BCUT2D eigenvalue weighted by atomic mass is 10.0. The van der Waals surface area contributed by atoms with Crippen molar-refractivity contribution in [1.29, 1.82) is 0 Å². The fourth-order valence-electron chi connectivity index (χ4n) is 3.41. The van der Waals surface area contributed by atoms with E-state index in [0.29, 0.717) is 6.42 Å². The number of carboxylic acids is 2. The van der Waals surface area contributed by atoms with Gasteiger partial charge in [-0.2, -0.15) is 0 Å². The molecule has 0 aliphatic carbocycles. The zero-order chi connectivity index (χ0) is 22.5. The molecule has 0 fully saturated rings. The fourth-order valence-corrected chi connectivity index (χ4v) is 3.41. The number of hydrazine groups is 1. The van der Waals surface area contributed by atoms with Crippen molar-refractivity contribution in [3.8, 4) is 0 Å². The van der Waals surface area contributed by atoms with E-state index in [4.69, 9.17) is 10.2 Å². The van der Waals surface area contributed by atoms with E-state index in [9.17, 15) is 14.4 Å². The van der Waals surface area contributed by atoms with Gasteiger partial charge in [0.15, 0.2) is 0 Å². The van der Waals surface area contributed by atoms with Crippen molar-refractivity contribution in [2.24, 2.45) is 0 Å². The molecule has 7 nitrogen and oxygen atoms in total. The highest BCUT2D eigenvalue weighted by atomic mass is 16.4. The maximum absolute atomic E-state index is 11.8. The number of aliphatic carboxylic acids is 2. The quantitative estimate of drug-likeness (QED) is 0.139. The Bertz CT molecular complexity index is 457. The smallest absolute Gasteiger partial charge is 0.322 e. The van der Waals surface area contributed by atoms with Gasteiger partial charge in [-0.05, 0) is 12.8 Å². The second kappa shape index (κ2) is 20.6. The van der Waals surface area contributed by atoms with Gasteiger partial charge in [-0.25, -0.2) is 5.43 Å². The van der Waals surface area contributed by atoms with Gasteiger partial charge in [0.25, 0.3) is 0 Å². The summed E-state index contributed by atoms with van der Waals surface area (Å²) in [7, 11) is 0. The molecular formula is C23H44N2O5. The summed E-state index contributed by atoms with van der Waals surface area (Å²) < 4.78 is 0. The largest absolute Gasteiger partial charge is 0.481 e. The van der Waals surface area contributed by atoms with Crippen molar-refractivity contribution in [3.05, 3.63) is 0 Å². The van der Waals surface area contributed by atoms with Gasteiger partial charge < -0.3 is 10.2 Å². The Morgan fingerprint density at radius 2 is 1.10 bits per heavy atom. The third-order valence-corrected chi connectivity index (χ3v) is 5.34. The van der Waals surface area contributed by atoms with Crippen LogP contribution in [0.1, 0.15) is 122 Å². The molecule has 0 heterocycles. The van der Waals surface area contributed by atoms with Crippen LogP contribution in [0.15, 0.2) is 0 Å². The Morgan fingerprint density at radius 1 is 0.667 bits per heavy atom. The molecule has 7 heteroatoms. The van der Waals surface area contributed by atoms with Crippen molar-refractivity contribution in [1.82, 2.24) is 10.9 Å². The van der Waals surface area contributed by atoms with Crippen LogP contribution in [0.3, 0.4) is 0 Å². The van der Waals surface area contributed by atoms with Crippen molar-refractivity contribution in [3.63, 3.8) is 0 Å². The second-order valence-corrected chi connectivity index (χ2v) is 8.22. The highest BCUT2D eigenvalue weighted by molar-refractivity contribution is 5.78. The predicted octanol–water partition coefficient (Wildman–Crippen LogP) is 5.19. The van der Waals surface area contributed by atoms with Crippen LogP contribution in [0, 0.1) is 0 Å². The molecule has 0 aliphatic rings. The topological polar surface area (TPSA) is 116 Å². The van der Waals surface area contributed by atoms with E-state index >= 15 is 0 Å². The standard InChI is InChI=1S/C23H44N2O5/c1-2-3-4-5-6-7-8-9-10-11-12-13-14-15-16-17-21(26)25-24-20(23(29)30)18-19-22(27)28/h20,24H,2-19H2,1H3,(H,25,26)(H,27,28)(H,29,30). The zero-order valence-corrected chi connectivity index (χ0v) is 18.9. The number of carbonyl (C=O) groups is 3. The molecular weight excluding hydrogens is 384 g/mol. The lowest BCUT2D eigenvalue weighted by Crippen LogP contribution is -2.48. The number of hydrogen-bond acceptors (Lipinski definition) is 4. The monoisotopic (exact) mass is 428 g/mol. The minimum absolute atomic E-state index is 0.0795. The molecule has 4 N–H and O–H groups in total. The average molecular weight is 429 g/mol. The molecule has 1 unspecified atom stereocenters. The van der Waals surface area contributed by atoms with Crippen molar-refractivity contribution < 1.29 is 24.6 Å². The van der Waals surface area contributed by atoms with Gasteiger partial charge in [0.2, 0.25) is 5.91 Å². The minimum Gasteiger partial charge on any atom is -0.481 e. The lowest BCUT2D eigenvalue weighted by Gasteiger charge is -2.14. The third-order valence-electron chi connectivity index (χ3n) is 5.34. The summed E-state index contributed by atoms with van der Waals surface area (Å²) in [6.07, 6.45) is 18.9. The third kappa shape index (κ3) is 19.7. The zero-order valence-electron chi connectivity index (χ0n) is 18.9. The van der Waals surface area contributed by atoms with Gasteiger partial charge in [-0.3, -0.25) is 19.8 Å². The number of hydrogen-bond donors (Lipinski definition) is 4. The van der Waals surface area contributed by atoms with Crippen LogP contribution in [0.5, 0.6) is 0 Å². The Morgan fingerprint density at radius 3 is 1.50 bits per heavy atom. The van der Waals surface area contributed by atoms with Crippen LogP contribution in [0.25, 0.3) is 0 Å². The van der Waals surface area contributed by atoms with E-state index in [0.717, 1.165) is 19.3 Å². The van der Waals surface area contributed by atoms with E-state index in [-0.39, 0.29) is 18.7 Å². The number of carboxylic acid groups (broad SMARTS) is 2. The Hall–Kier alpha value is -1.63. The molecule has 0 aromatic rings. The molecule has 176 valence electrons. The summed E-state index contributed by atoms with van der Waals surface area (Å²) in [6, 6.07) is -1.09. The summed E-state index contributed by atoms with van der Waals surface area (Å²) >= 11 is 0. The summed E-state index contributed by atoms with van der Waals surface area (Å²) in [6.45, 7) is 2.25. The van der Waals surface area contributed by atoms with Crippen LogP contribution < -0.4 is 10.9 Å². The summed E-state index contributed by atoms with van der Waals surface area (Å²) in [5, 5.41) is 17.6. The van der Waals surface area contributed by atoms with Gasteiger partial charge in [-0.1, -0.05) is 96.8 Å². The first-order valence-corrected chi connectivity index (χ1v) is 12.0. The molecule has 0 radical (unpaired) electrons. The summed E-state index contributed by atoms with van der Waals surface area (Å²) in [5.41, 5.74) is 4.79. The normalized spacial score (nSPS) is 11.9. The lowest BCUT2D eigenvalue weighted by molar-refractivity contribution is -0.141. The van der Waals surface area contributed by atoms with Crippen LogP contribution in [0.2, 0.25) is 0 Å². The predicted molar refractivity (Wildman–Crippen MR) is 119 cm³/mol. The first-order chi connectivity index (χ1) is 14.5.